The van der Waals surface area contributed by atoms with Crippen molar-refractivity contribution in [2.75, 3.05) is 35.8 Å². The number of nitrogens with one attached hydrogen (secondary N) is 1. The van der Waals surface area contributed by atoms with E-state index in [0.717, 1.165) is 5.69 Å². The van der Waals surface area contributed by atoms with Gasteiger partial charge in [0.2, 0.25) is 0 Å². The Kier molecular flexibility index (Phi) is 3.93. The molecule has 0 aromatic carbocycles. The van der Waals surface area contributed by atoms with E-state index in [1.807, 2.05) is 12.4 Å². The van der Waals surface area contributed by atoms with Crippen LogP contribution in [0, 0.1) is 0 Å². The first-order chi connectivity index (χ1) is 7.77. The van der Waals surface area contributed by atoms with Crippen LogP contribution in [0.5, 0.6) is 0 Å². The molecule has 1 aromatic heterocycles. The molecule has 4 heteroatoms. The SMILES string of the molecule is CN(C)c1ccncc1NC1CCSCC1. The smallest absolute Gasteiger partial charge is 0.0766 e. The van der Waals surface area contributed by atoms with E-state index in [2.05, 4.69) is 47.1 Å². The topological polar surface area (TPSA) is 28.2 Å². The third kappa shape index (κ3) is 2.82. The molecular formula is C12H19N3S. The van der Waals surface area contributed by atoms with E-state index in [9.17, 15) is 0 Å². The molecule has 16 heavy (non-hydrogen) atoms. The summed E-state index contributed by atoms with van der Waals surface area (Å²) in [6, 6.07) is 2.67. The molecule has 2 heterocycles. The molecular weight excluding hydrogens is 218 g/mol. The fourth-order valence-corrected chi connectivity index (χ4v) is 3.06. The quantitative estimate of drug-likeness (QED) is 0.874. The van der Waals surface area contributed by atoms with Crippen LogP contribution >= 0.6 is 11.8 Å². The van der Waals surface area contributed by atoms with Crippen molar-refractivity contribution in [1.29, 1.82) is 0 Å². The largest absolute Gasteiger partial charge is 0.379 e. The number of rotatable bonds is 3. The van der Waals surface area contributed by atoms with Gasteiger partial charge in [-0.05, 0) is 30.4 Å². The summed E-state index contributed by atoms with van der Waals surface area (Å²) < 4.78 is 0. The van der Waals surface area contributed by atoms with Gasteiger partial charge in [-0.15, -0.1) is 0 Å². The van der Waals surface area contributed by atoms with Crippen LogP contribution in [-0.4, -0.2) is 36.6 Å². The molecule has 0 radical (unpaired) electrons. The summed E-state index contributed by atoms with van der Waals surface area (Å²) in [6.07, 6.45) is 6.28. The molecule has 0 unspecified atom stereocenters. The van der Waals surface area contributed by atoms with E-state index < -0.39 is 0 Å². The Morgan fingerprint density at radius 1 is 1.38 bits per heavy atom. The summed E-state index contributed by atoms with van der Waals surface area (Å²) in [6.45, 7) is 0. The Bertz CT molecular complexity index is 335. The lowest BCUT2D eigenvalue weighted by Gasteiger charge is -2.26. The lowest BCUT2D eigenvalue weighted by atomic mass is 10.1. The fraction of sp³-hybridized carbons (Fsp3) is 0.583. The highest BCUT2D eigenvalue weighted by molar-refractivity contribution is 7.99. The van der Waals surface area contributed by atoms with Crippen LogP contribution in [0.4, 0.5) is 11.4 Å². The van der Waals surface area contributed by atoms with Gasteiger partial charge in [-0.1, -0.05) is 0 Å². The first-order valence-electron chi connectivity index (χ1n) is 5.73. The average Bonchev–Trinajstić information content (AvgIpc) is 2.31. The summed E-state index contributed by atoms with van der Waals surface area (Å²) in [4.78, 5) is 6.33. The maximum atomic E-state index is 4.20. The predicted molar refractivity (Wildman–Crippen MR) is 72.5 cm³/mol. The molecule has 1 fully saturated rings. The maximum absolute atomic E-state index is 4.20. The minimum absolute atomic E-state index is 0.615. The Hall–Kier alpha value is -0.900. The van der Waals surface area contributed by atoms with Crippen LogP contribution in [-0.2, 0) is 0 Å². The van der Waals surface area contributed by atoms with Crippen molar-refractivity contribution in [3.05, 3.63) is 18.5 Å². The van der Waals surface area contributed by atoms with Gasteiger partial charge in [0.05, 0.1) is 17.6 Å². The van der Waals surface area contributed by atoms with Crippen LogP contribution in [0.25, 0.3) is 0 Å². The third-order valence-corrected chi connectivity index (χ3v) is 3.91. The summed E-state index contributed by atoms with van der Waals surface area (Å²) in [5, 5.41) is 3.61. The number of pyridine rings is 1. The molecule has 1 aliphatic heterocycles. The molecule has 1 saturated heterocycles. The molecule has 2 rings (SSSR count). The molecule has 1 aliphatic rings. The van der Waals surface area contributed by atoms with E-state index in [1.54, 1.807) is 0 Å². The maximum Gasteiger partial charge on any atom is 0.0766 e. The van der Waals surface area contributed by atoms with Crippen LogP contribution in [0.3, 0.4) is 0 Å². The number of hydrogen-bond acceptors (Lipinski definition) is 4. The number of anilines is 2. The van der Waals surface area contributed by atoms with Gasteiger partial charge in [-0.2, -0.15) is 11.8 Å². The van der Waals surface area contributed by atoms with Crippen molar-refractivity contribution < 1.29 is 0 Å². The van der Waals surface area contributed by atoms with Gasteiger partial charge in [-0.3, -0.25) is 4.98 Å². The second kappa shape index (κ2) is 5.43. The Labute approximate surface area is 102 Å². The Balaban J connectivity index is 2.07. The van der Waals surface area contributed by atoms with E-state index in [0.29, 0.717) is 6.04 Å². The zero-order valence-corrected chi connectivity index (χ0v) is 10.8. The first-order valence-corrected chi connectivity index (χ1v) is 6.88. The minimum atomic E-state index is 0.615. The van der Waals surface area contributed by atoms with Crippen molar-refractivity contribution in [3.63, 3.8) is 0 Å². The normalized spacial score (nSPS) is 17.1. The standard InChI is InChI=1S/C12H19N3S/c1-15(2)12-3-6-13-9-11(12)14-10-4-7-16-8-5-10/h3,6,9-10,14H,4-5,7-8H2,1-2H3. The lowest BCUT2D eigenvalue weighted by Crippen LogP contribution is -2.25. The predicted octanol–water partition coefficient (Wildman–Crippen LogP) is 2.46. The molecule has 3 nitrogen and oxygen atoms in total. The van der Waals surface area contributed by atoms with E-state index in [-0.39, 0.29) is 0 Å². The first kappa shape index (κ1) is 11.6. The van der Waals surface area contributed by atoms with Gasteiger partial charge in [0.15, 0.2) is 0 Å². The van der Waals surface area contributed by atoms with Gasteiger partial charge in [0.1, 0.15) is 0 Å². The zero-order valence-electron chi connectivity index (χ0n) is 9.94. The average molecular weight is 237 g/mol. The minimum Gasteiger partial charge on any atom is -0.379 e. The number of thioether (sulfide) groups is 1. The highest BCUT2D eigenvalue weighted by atomic mass is 32.2. The lowest BCUT2D eigenvalue weighted by molar-refractivity contribution is 0.666. The molecule has 0 amide bonds. The van der Waals surface area contributed by atoms with E-state index in [1.165, 1.54) is 30.0 Å². The van der Waals surface area contributed by atoms with Gasteiger partial charge >= 0.3 is 0 Å². The van der Waals surface area contributed by atoms with Gasteiger partial charge in [0.25, 0.3) is 0 Å². The van der Waals surface area contributed by atoms with E-state index >= 15 is 0 Å². The zero-order chi connectivity index (χ0) is 11.4. The number of hydrogen-bond donors (Lipinski definition) is 1. The summed E-state index contributed by atoms with van der Waals surface area (Å²) in [5.74, 6) is 2.55. The molecule has 0 saturated carbocycles. The number of aromatic nitrogens is 1. The second-order valence-corrected chi connectivity index (χ2v) is 5.54. The van der Waals surface area contributed by atoms with Crippen LogP contribution in [0.1, 0.15) is 12.8 Å². The van der Waals surface area contributed by atoms with E-state index in [4.69, 9.17) is 0 Å². The molecule has 1 N–H and O–H groups in total. The van der Waals surface area contributed by atoms with Crippen LogP contribution in [0.2, 0.25) is 0 Å². The van der Waals surface area contributed by atoms with Crippen molar-refractivity contribution in [2.45, 2.75) is 18.9 Å². The van der Waals surface area contributed by atoms with Crippen LogP contribution < -0.4 is 10.2 Å². The Morgan fingerprint density at radius 2 is 2.12 bits per heavy atom. The van der Waals surface area contributed by atoms with Crippen molar-refractivity contribution in [1.82, 2.24) is 4.98 Å². The highest BCUT2D eigenvalue weighted by Crippen LogP contribution is 2.26. The molecule has 0 atom stereocenters. The van der Waals surface area contributed by atoms with Crippen molar-refractivity contribution in [3.8, 4) is 0 Å². The number of nitrogens with zero attached hydrogens (tertiary/aromatic N) is 2. The molecule has 0 bridgehead atoms. The molecule has 0 aliphatic carbocycles. The van der Waals surface area contributed by atoms with Gasteiger partial charge < -0.3 is 10.2 Å². The summed E-state index contributed by atoms with van der Waals surface area (Å²) in [5.41, 5.74) is 2.37. The highest BCUT2D eigenvalue weighted by Gasteiger charge is 2.15. The monoisotopic (exact) mass is 237 g/mol. The molecule has 88 valence electrons. The fourth-order valence-electron chi connectivity index (χ4n) is 1.95. The summed E-state index contributed by atoms with van der Waals surface area (Å²) >= 11 is 2.05. The van der Waals surface area contributed by atoms with Crippen molar-refractivity contribution in [2.24, 2.45) is 0 Å². The molecule has 1 aromatic rings. The van der Waals surface area contributed by atoms with Gasteiger partial charge in [-0.25, -0.2) is 0 Å². The summed E-state index contributed by atoms with van der Waals surface area (Å²) in [7, 11) is 4.13. The van der Waals surface area contributed by atoms with Gasteiger partial charge in [0, 0.05) is 26.3 Å². The third-order valence-electron chi connectivity index (χ3n) is 2.86. The Morgan fingerprint density at radius 3 is 2.81 bits per heavy atom. The van der Waals surface area contributed by atoms with Crippen molar-refractivity contribution >= 4 is 23.1 Å². The molecule has 0 spiro atoms. The van der Waals surface area contributed by atoms with Crippen LogP contribution in [0.15, 0.2) is 18.5 Å². The second-order valence-electron chi connectivity index (χ2n) is 4.32.